The Kier molecular flexibility index (Phi) is 6.70. The van der Waals surface area contributed by atoms with Crippen molar-refractivity contribution in [1.82, 2.24) is 5.32 Å². The SMILES string of the molecule is CC1CC1C(=O)Nc1cccc(C(=O)Nc2ccc(NC(=O)NCC3CCCO3)cc2)c1. The fraction of sp³-hybridized carbons (Fsp3) is 0.375. The quantitative estimate of drug-likeness (QED) is 0.529. The van der Waals surface area contributed by atoms with Gasteiger partial charge in [0.2, 0.25) is 5.91 Å². The van der Waals surface area contributed by atoms with Crippen molar-refractivity contribution >= 4 is 34.9 Å². The molecule has 1 aliphatic carbocycles. The summed E-state index contributed by atoms with van der Waals surface area (Å²) in [6.07, 6.45) is 2.99. The van der Waals surface area contributed by atoms with E-state index in [1.54, 1.807) is 48.5 Å². The number of rotatable bonds is 7. The monoisotopic (exact) mass is 436 g/mol. The maximum atomic E-state index is 12.6. The van der Waals surface area contributed by atoms with E-state index in [0.29, 0.717) is 35.1 Å². The molecule has 0 aromatic heterocycles. The summed E-state index contributed by atoms with van der Waals surface area (Å²) in [5.74, 6) is 0.206. The summed E-state index contributed by atoms with van der Waals surface area (Å²) < 4.78 is 5.48. The molecule has 2 aromatic carbocycles. The molecule has 4 amide bonds. The van der Waals surface area contributed by atoms with Gasteiger partial charge in [0.05, 0.1) is 6.10 Å². The minimum Gasteiger partial charge on any atom is -0.376 e. The fourth-order valence-electron chi connectivity index (χ4n) is 3.69. The van der Waals surface area contributed by atoms with Crippen molar-refractivity contribution in [1.29, 1.82) is 0 Å². The normalized spacial score (nSPS) is 21.5. The summed E-state index contributed by atoms with van der Waals surface area (Å²) in [5, 5.41) is 11.3. The number of amides is 4. The van der Waals surface area contributed by atoms with Crippen LogP contribution >= 0.6 is 0 Å². The number of carbonyl (C=O) groups is 3. The van der Waals surface area contributed by atoms with Crippen LogP contribution in [0.25, 0.3) is 0 Å². The molecule has 1 heterocycles. The largest absolute Gasteiger partial charge is 0.376 e. The first-order chi connectivity index (χ1) is 15.5. The Balaban J connectivity index is 1.27. The van der Waals surface area contributed by atoms with E-state index in [2.05, 4.69) is 21.3 Å². The molecular formula is C24H28N4O4. The van der Waals surface area contributed by atoms with E-state index in [4.69, 9.17) is 4.74 Å². The highest BCUT2D eigenvalue weighted by Gasteiger charge is 2.39. The van der Waals surface area contributed by atoms with Gasteiger partial charge in [0.15, 0.2) is 0 Å². The Morgan fingerprint density at radius 2 is 1.69 bits per heavy atom. The molecule has 168 valence electrons. The number of carbonyl (C=O) groups excluding carboxylic acids is 3. The van der Waals surface area contributed by atoms with Gasteiger partial charge >= 0.3 is 6.03 Å². The maximum Gasteiger partial charge on any atom is 0.319 e. The van der Waals surface area contributed by atoms with Crippen LogP contribution < -0.4 is 21.3 Å². The van der Waals surface area contributed by atoms with Crippen molar-refractivity contribution in [2.24, 2.45) is 11.8 Å². The van der Waals surface area contributed by atoms with Gasteiger partial charge in [-0.15, -0.1) is 0 Å². The van der Waals surface area contributed by atoms with Crippen LogP contribution in [-0.2, 0) is 9.53 Å². The van der Waals surface area contributed by atoms with E-state index in [1.165, 1.54) is 0 Å². The summed E-state index contributed by atoms with van der Waals surface area (Å²) >= 11 is 0. The van der Waals surface area contributed by atoms with Gasteiger partial charge < -0.3 is 26.0 Å². The first-order valence-corrected chi connectivity index (χ1v) is 11.0. The number of hydrogen-bond acceptors (Lipinski definition) is 4. The first kappa shape index (κ1) is 21.8. The first-order valence-electron chi connectivity index (χ1n) is 11.0. The van der Waals surface area contributed by atoms with E-state index in [9.17, 15) is 14.4 Å². The molecule has 0 radical (unpaired) electrons. The Bertz CT molecular complexity index is 986. The average molecular weight is 437 g/mol. The van der Waals surface area contributed by atoms with Crippen LogP contribution in [0.3, 0.4) is 0 Å². The third-order valence-corrected chi connectivity index (χ3v) is 5.75. The van der Waals surface area contributed by atoms with E-state index in [1.807, 2.05) is 6.92 Å². The zero-order chi connectivity index (χ0) is 22.5. The number of ether oxygens (including phenoxy) is 1. The lowest BCUT2D eigenvalue weighted by Gasteiger charge is -2.12. The van der Waals surface area contributed by atoms with Gasteiger partial charge in [-0.05, 0) is 67.6 Å². The zero-order valence-corrected chi connectivity index (χ0v) is 18.0. The molecule has 8 nitrogen and oxygen atoms in total. The highest BCUT2D eigenvalue weighted by atomic mass is 16.5. The Labute approximate surface area is 187 Å². The second kappa shape index (κ2) is 9.82. The van der Waals surface area contributed by atoms with Gasteiger partial charge in [-0.2, -0.15) is 0 Å². The number of nitrogens with one attached hydrogen (secondary N) is 4. The van der Waals surface area contributed by atoms with E-state index in [-0.39, 0.29) is 29.9 Å². The van der Waals surface area contributed by atoms with Crippen LogP contribution in [0.4, 0.5) is 21.9 Å². The van der Waals surface area contributed by atoms with Gasteiger partial charge in [-0.25, -0.2) is 4.79 Å². The number of benzene rings is 2. The maximum absolute atomic E-state index is 12.6. The van der Waals surface area contributed by atoms with E-state index < -0.39 is 0 Å². The Morgan fingerprint density at radius 3 is 2.34 bits per heavy atom. The van der Waals surface area contributed by atoms with Gasteiger partial charge in [-0.3, -0.25) is 9.59 Å². The molecular weight excluding hydrogens is 408 g/mol. The van der Waals surface area contributed by atoms with E-state index >= 15 is 0 Å². The average Bonchev–Trinajstić information content (AvgIpc) is 3.29. The summed E-state index contributed by atoms with van der Waals surface area (Å²) in [4.78, 5) is 36.7. The van der Waals surface area contributed by atoms with Crippen molar-refractivity contribution in [3.63, 3.8) is 0 Å². The molecule has 2 aliphatic rings. The lowest BCUT2D eigenvalue weighted by atomic mass is 10.1. The van der Waals surface area contributed by atoms with Crippen molar-refractivity contribution in [3.05, 3.63) is 54.1 Å². The summed E-state index contributed by atoms with van der Waals surface area (Å²) in [5.41, 5.74) is 2.27. The van der Waals surface area contributed by atoms with Crippen LogP contribution in [-0.4, -0.2) is 37.1 Å². The molecule has 0 spiro atoms. The molecule has 0 bridgehead atoms. The third-order valence-electron chi connectivity index (χ3n) is 5.75. The molecule has 1 saturated heterocycles. The molecule has 4 N–H and O–H groups in total. The van der Waals surface area contributed by atoms with E-state index in [0.717, 1.165) is 25.9 Å². The van der Waals surface area contributed by atoms with Crippen molar-refractivity contribution in [3.8, 4) is 0 Å². The van der Waals surface area contributed by atoms with Gasteiger partial charge in [0.1, 0.15) is 0 Å². The van der Waals surface area contributed by atoms with Gasteiger partial charge in [0, 0.05) is 41.7 Å². The minimum absolute atomic E-state index is 0.00190. The van der Waals surface area contributed by atoms with Crippen LogP contribution in [0.15, 0.2) is 48.5 Å². The minimum atomic E-state index is -0.295. The van der Waals surface area contributed by atoms with Gasteiger partial charge in [0.25, 0.3) is 5.91 Å². The summed E-state index contributed by atoms with van der Waals surface area (Å²) in [6.45, 7) is 3.28. The molecule has 3 atom stereocenters. The standard InChI is InChI=1S/C24H28N4O4/c1-15-12-21(15)23(30)27-19-5-2-4-16(13-19)22(29)26-17-7-9-18(10-8-17)28-24(31)25-14-20-6-3-11-32-20/h2,4-5,7-10,13,15,20-21H,3,6,11-12,14H2,1H3,(H,26,29)(H,27,30)(H2,25,28,31). The predicted octanol–water partition coefficient (Wildman–Crippen LogP) is 3.83. The molecule has 1 saturated carbocycles. The highest BCUT2D eigenvalue weighted by Crippen LogP contribution is 2.38. The molecule has 1 aliphatic heterocycles. The highest BCUT2D eigenvalue weighted by molar-refractivity contribution is 6.05. The smallest absolute Gasteiger partial charge is 0.319 e. The van der Waals surface area contributed by atoms with Gasteiger partial charge in [-0.1, -0.05) is 13.0 Å². The number of hydrogen-bond donors (Lipinski definition) is 4. The number of urea groups is 1. The fourth-order valence-corrected chi connectivity index (χ4v) is 3.69. The van der Waals surface area contributed by atoms with Crippen molar-refractivity contribution < 1.29 is 19.1 Å². The lowest BCUT2D eigenvalue weighted by molar-refractivity contribution is -0.117. The molecule has 8 heteroatoms. The zero-order valence-electron chi connectivity index (χ0n) is 18.0. The van der Waals surface area contributed by atoms with Crippen LogP contribution in [0.1, 0.15) is 36.5 Å². The third kappa shape index (κ3) is 5.85. The lowest BCUT2D eigenvalue weighted by Crippen LogP contribution is -2.35. The van der Waals surface area contributed by atoms with Crippen LogP contribution in [0.2, 0.25) is 0 Å². The van der Waals surface area contributed by atoms with Crippen molar-refractivity contribution in [2.75, 3.05) is 29.1 Å². The molecule has 2 fully saturated rings. The summed E-state index contributed by atoms with van der Waals surface area (Å²) in [6, 6.07) is 13.4. The Hall–Kier alpha value is -3.39. The molecule has 4 rings (SSSR count). The molecule has 32 heavy (non-hydrogen) atoms. The predicted molar refractivity (Wildman–Crippen MR) is 123 cm³/mol. The second-order valence-electron chi connectivity index (χ2n) is 8.39. The van der Waals surface area contributed by atoms with Crippen LogP contribution in [0, 0.1) is 11.8 Å². The van der Waals surface area contributed by atoms with Crippen molar-refractivity contribution in [2.45, 2.75) is 32.3 Å². The molecule has 2 aromatic rings. The second-order valence-corrected chi connectivity index (χ2v) is 8.39. The topological polar surface area (TPSA) is 109 Å². The van der Waals surface area contributed by atoms with Crippen LogP contribution in [0.5, 0.6) is 0 Å². The summed E-state index contributed by atoms with van der Waals surface area (Å²) in [7, 11) is 0. The Morgan fingerprint density at radius 1 is 0.969 bits per heavy atom. The molecule has 3 unspecified atom stereocenters. The number of anilines is 3.